The second-order valence-electron chi connectivity index (χ2n) is 7.78. The largest absolute Gasteiger partial charge is 0.294 e. The van der Waals surface area contributed by atoms with E-state index in [9.17, 15) is 16.8 Å². The van der Waals surface area contributed by atoms with Gasteiger partial charge in [0, 0.05) is 44.8 Å². The van der Waals surface area contributed by atoms with Gasteiger partial charge >= 0.3 is 0 Å². The molecule has 2 fully saturated rings. The van der Waals surface area contributed by atoms with Gasteiger partial charge in [-0.1, -0.05) is 32.0 Å². The molecule has 158 valence electrons. The quantitative estimate of drug-likeness (QED) is 0.683. The van der Waals surface area contributed by atoms with Crippen LogP contribution < -0.4 is 0 Å². The van der Waals surface area contributed by atoms with Crippen molar-refractivity contribution in [1.82, 2.24) is 13.5 Å². The zero-order chi connectivity index (χ0) is 20.6. The third kappa shape index (κ3) is 4.00. The minimum absolute atomic E-state index is 0.194. The second-order valence-corrected chi connectivity index (χ2v) is 11.7. The highest BCUT2D eigenvalue weighted by atomic mass is 32.2. The van der Waals surface area contributed by atoms with E-state index >= 15 is 0 Å². The second kappa shape index (κ2) is 8.02. The van der Waals surface area contributed by atoms with E-state index in [2.05, 4.69) is 11.8 Å². The van der Waals surface area contributed by atoms with Gasteiger partial charge in [-0.25, -0.2) is 21.1 Å². The normalized spacial score (nSPS) is 26.0. The number of sulfonamides is 2. The number of nitrogens with zero attached hydrogens (tertiary/aromatic N) is 3. The number of rotatable bonds is 6. The van der Waals surface area contributed by atoms with Crippen LogP contribution in [0.15, 0.2) is 29.2 Å². The van der Waals surface area contributed by atoms with Crippen molar-refractivity contribution in [3.8, 4) is 0 Å². The third-order valence-electron chi connectivity index (χ3n) is 6.31. The molecule has 2 heterocycles. The van der Waals surface area contributed by atoms with Crippen LogP contribution in [0, 0.1) is 0 Å². The molecule has 7 nitrogen and oxygen atoms in total. The molecular weight excluding hydrogens is 398 g/mol. The first-order valence-electron chi connectivity index (χ1n) is 9.92. The van der Waals surface area contributed by atoms with Crippen LogP contribution in [0.1, 0.15) is 32.3 Å². The molecule has 0 bridgehead atoms. The molecule has 0 saturated carbocycles. The first-order chi connectivity index (χ1) is 13.1. The zero-order valence-corrected chi connectivity index (χ0v) is 18.6. The summed E-state index contributed by atoms with van der Waals surface area (Å²) in [5.74, 6) is 0. The predicted molar refractivity (Wildman–Crippen MR) is 110 cm³/mol. The van der Waals surface area contributed by atoms with Gasteiger partial charge in [0.2, 0.25) is 20.0 Å². The smallest absolute Gasteiger partial charge is 0.243 e. The molecule has 0 aliphatic carbocycles. The lowest BCUT2D eigenvalue weighted by Gasteiger charge is -2.45. The Bertz CT molecular complexity index is 909. The molecule has 1 unspecified atom stereocenters. The number of hydrogen-bond donors (Lipinski definition) is 0. The first-order valence-corrected chi connectivity index (χ1v) is 13.2. The van der Waals surface area contributed by atoms with Gasteiger partial charge < -0.3 is 0 Å². The van der Waals surface area contributed by atoms with Crippen molar-refractivity contribution in [2.45, 2.75) is 43.5 Å². The topological polar surface area (TPSA) is 78.0 Å². The fraction of sp³-hybridized carbons (Fsp3) is 0.684. The minimum Gasteiger partial charge on any atom is -0.294 e. The van der Waals surface area contributed by atoms with E-state index in [0.29, 0.717) is 50.6 Å². The standard InChI is InChI=1S/C19H31N3O4S2/c1-4-17-8-6-7-9-18(17)28(25,26)21-14-12-20(13-15-21)19(5-2)10-11-22(16-19)27(3,23)24/h6-9H,4-5,10-16H2,1-3H3. The third-order valence-corrected chi connectivity index (χ3v) is 9.55. The minimum atomic E-state index is -3.51. The van der Waals surface area contributed by atoms with Gasteiger partial charge in [0.1, 0.15) is 0 Å². The van der Waals surface area contributed by atoms with Crippen LogP contribution in [0.5, 0.6) is 0 Å². The van der Waals surface area contributed by atoms with Crippen LogP contribution >= 0.6 is 0 Å². The van der Waals surface area contributed by atoms with Crippen molar-refractivity contribution < 1.29 is 16.8 Å². The van der Waals surface area contributed by atoms with Gasteiger partial charge in [0.05, 0.1) is 11.2 Å². The Labute approximate surface area is 169 Å². The predicted octanol–water partition coefficient (Wildman–Crippen LogP) is 1.37. The summed E-state index contributed by atoms with van der Waals surface area (Å²) in [6.45, 7) is 7.19. The van der Waals surface area contributed by atoms with Crippen LogP contribution in [0.4, 0.5) is 0 Å². The Morgan fingerprint density at radius 3 is 2.11 bits per heavy atom. The molecule has 0 N–H and O–H groups in total. The molecule has 1 atom stereocenters. The van der Waals surface area contributed by atoms with Crippen LogP contribution in [-0.2, 0) is 26.5 Å². The summed E-state index contributed by atoms with van der Waals surface area (Å²) in [6, 6.07) is 7.20. The molecule has 28 heavy (non-hydrogen) atoms. The highest BCUT2D eigenvalue weighted by molar-refractivity contribution is 7.89. The van der Waals surface area contributed by atoms with Crippen molar-refractivity contribution in [2.75, 3.05) is 45.5 Å². The number of benzene rings is 1. The van der Waals surface area contributed by atoms with E-state index in [1.807, 2.05) is 19.1 Å². The molecule has 3 rings (SSSR count). The summed E-state index contributed by atoms with van der Waals surface area (Å²) in [6.07, 6.45) is 3.58. The molecule has 0 amide bonds. The van der Waals surface area contributed by atoms with Crippen LogP contribution in [0.3, 0.4) is 0 Å². The van der Waals surface area contributed by atoms with Crippen LogP contribution in [0.25, 0.3) is 0 Å². The van der Waals surface area contributed by atoms with E-state index in [1.54, 1.807) is 20.7 Å². The van der Waals surface area contributed by atoms with Gasteiger partial charge in [0.15, 0.2) is 0 Å². The van der Waals surface area contributed by atoms with E-state index in [-0.39, 0.29) is 5.54 Å². The molecule has 0 radical (unpaired) electrons. The van der Waals surface area contributed by atoms with Crippen molar-refractivity contribution in [1.29, 1.82) is 0 Å². The van der Waals surface area contributed by atoms with E-state index in [4.69, 9.17) is 0 Å². The average molecular weight is 430 g/mol. The Balaban J connectivity index is 1.74. The van der Waals surface area contributed by atoms with Gasteiger partial charge in [-0.3, -0.25) is 4.90 Å². The van der Waals surface area contributed by atoms with Crippen molar-refractivity contribution >= 4 is 20.0 Å². The lowest BCUT2D eigenvalue weighted by molar-refractivity contribution is 0.0600. The lowest BCUT2D eigenvalue weighted by atomic mass is 9.92. The van der Waals surface area contributed by atoms with E-state index in [0.717, 1.165) is 18.4 Å². The summed E-state index contributed by atoms with van der Waals surface area (Å²) in [5.41, 5.74) is 0.648. The maximum atomic E-state index is 13.1. The number of piperazine rings is 1. The van der Waals surface area contributed by atoms with Crippen molar-refractivity contribution in [3.63, 3.8) is 0 Å². The van der Waals surface area contributed by atoms with Gasteiger partial charge in [-0.15, -0.1) is 0 Å². The fourth-order valence-electron chi connectivity index (χ4n) is 4.46. The highest BCUT2D eigenvalue weighted by Gasteiger charge is 2.45. The molecule has 2 aliphatic rings. The summed E-state index contributed by atoms with van der Waals surface area (Å²) < 4.78 is 53.3. The summed E-state index contributed by atoms with van der Waals surface area (Å²) >= 11 is 0. The molecule has 9 heteroatoms. The summed E-state index contributed by atoms with van der Waals surface area (Å²) in [5, 5.41) is 0. The van der Waals surface area contributed by atoms with Crippen molar-refractivity contribution in [3.05, 3.63) is 29.8 Å². The van der Waals surface area contributed by atoms with Crippen LogP contribution in [-0.4, -0.2) is 81.4 Å². The van der Waals surface area contributed by atoms with Gasteiger partial charge in [-0.2, -0.15) is 4.31 Å². The first kappa shape index (κ1) is 21.7. The fourth-order valence-corrected chi connectivity index (χ4v) is 7.08. The number of aryl methyl sites for hydroxylation is 1. The van der Waals surface area contributed by atoms with E-state index in [1.165, 1.54) is 6.26 Å². The average Bonchev–Trinajstić information content (AvgIpc) is 3.14. The summed E-state index contributed by atoms with van der Waals surface area (Å²) in [7, 11) is -6.71. The molecule has 0 aromatic heterocycles. The summed E-state index contributed by atoms with van der Waals surface area (Å²) in [4.78, 5) is 2.70. The molecule has 2 saturated heterocycles. The zero-order valence-electron chi connectivity index (χ0n) is 17.0. The molecule has 0 spiro atoms. The Morgan fingerprint density at radius 2 is 1.57 bits per heavy atom. The Hall–Kier alpha value is -1.00. The number of hydrogen-bond acceptors (Lipinski definition) is 5. The van der Waals surface area contributed by atoms with E-state index < -0.39 is 20.0 Å². The molecule has 1 aromatic carbocycles. The maximum Gasteiger partial charge on any atom is 0.243 e. The Kier molecular flexibility index (Phi) is 6.22. The van der Waals surface area contributed by atoms with Gasteiger partial charge in [0.25, 0.3) is 0 Å². The highest BCUT2D eigenvalue weighted by Crippen LogP contribution is 2.34. The van der Waals surface area contributed by atoms with Crippen molar-refractivity contribution in [2.24, 2.45) is 0 Å². The molecule has 1 aromatic rings. The molecular formula is C19H31N3O4S2. The lowest BCUT2D eigenvalue weighted by Crippen LogP contribution is -2.58. The van der Waals surface area contributed by atoms with Gasteiger partial charge in [-0.05, 0) is 30.9 Å². The monoisotopic (exact) mass is 429 g/mol. The SMILES string of the molecule is CCc1ccccc1S(=O)(=O)N1CCN(C2(CC)CCN(S(C)(=O)=O)C2)CC1. The maximum absolute atomic E-state index is 13.1. The Morgan fingerprint density at radius 1 is 0.929 bits per heavy atom. The molecule has 2 aliphatic heterocycles. The van der Waals surface area contributed by atoms with Crippen LogP contribution in [0.2, 0.25) is 0 Å².